The van der Waals surface area contributed by atoms with Crippen molar-refractivity contribution in [2.75, 3.05) is 29.1 Å². The van der Waals surface area contributed by atoms with Gasteiger partial charge in [-0.1, -0.05) is 0 Å². The Morgan fingerprint density at radius 1 is 1.32 bits per heavy atom. The third kappa shape index (κ3) is 4.58. The highest BCUT2D eigenvalue weighted by Crippen LogP contribution is 2.23. The molecule has 7 heteroatoms. The van der Waals surface area contributed by atoms with E-state index in [0.717, 1.165) is 29.4 Å². The van der Waals surface area contributed by atoms with Crippen LogP contribution in [0.3, 0.4) is 0 Å². The molecule has 1 unspecified atom stereocenters. The van der Waals surface area contributed by atoms with E-state index < -0.39 is 17.7 Å². The normalized spacial score (nSPS) is 18.9. The SMILES string of the molecule is O=C(NCC1CSCCS1)Nc1ccc(F)c(F)c1. The first-order valence-electron chi connectivity index (χ1n) is 5.84. The van der Waals surface area contributed by atoms with Gasteiger partial charge in [0.2, 0.25) is 0 Å². The lowest BCUT2D eigenvalue weighted by atomic mass is 10.3. The fourth-order valence-electron chi connectivity index (χ4n) is 1.61. The highest BCUT2D eigenvalue weighted by molar-refractivity contribution is 8.06. The number of carbonyl (C=O) groups excluding carboxylic acids is 1. The van der Waals surface area contributed by atoms with Gasteiger partial charge >= 0.3 is 6.03 Å². The molecule has 19 heavy (non-hydrogen) atoms. The summed E-state index contributed by atoms with van der Waals surface area (Å²) in [6, 6.07) is 2.87. The van der Waals surface area contributed by atoms with Crippen LogP contribution in [0.25, 0.3) is 0 Å². The third-order valence-electron chi connectivity index (χ3n) is 2.55. The molecule has 0 spiro atoms. The zero-order valence-corrected chi connectivity index (χ0v) is 11.8. The van der Waals surface area contributed by atoms with Gasteiger partial charge in [0.15, 0.2) is 11.6 Å². The van der Waals surface area contributed by atoms with Crippen LogP contribution in [0.4, 0.5) is 19.3 Å². The topological polar surface area (TPSA) is 41.1 Å². The summed E-state index contributed by atoms with van der Waals surface area (Å²) >= 11 is 3.72. The van der Waals surface area contributed by atoms with E-state index in [1.165, 1.54) is 6.07 Å². The average molecular weight is 304 g/mol. The molecule has 0 saturated carbocycles. The number of hydrogen-bond donors (Lipinski definition) is 2. The number of hydrogen-bond acceptors (Lipinski definition) is 3. The first-order chi connectivity index (χ1) is 9.15. The minimum Gasteiger partial charge on any atom is -0.337 e. The number of urea groups is 1. The van der Waals surface area contributed by atoms with E-state index in [4.69, 9.17) is 0 Å². The molecule has 1 aliphatic heterocycles. The molecule has 3 nitrogen and oxygen atoms in total. The van der Waals surface area contributed by atoms with Crippen LogP contribution in [0, 0.1) is 11.6 Å². The number of benzene rings is 1. The standard InChI is InChI=1S/C12H14F2N2OS2/c13-10-2-1-8(5-11(10)14)16-12(17)15-6-9-7-18-3-4-19-9/h1-2,5,9H,3-4,6-7H2,(H2,15,16,17). The molecular weight excluding hydrogens is 290 g/mol. The predicted octanol–water partition coefficient (Wildman–Crippen LogP) is 2.93. The Hall–Kier alpha value is -0.950. The number of rotatable bonds is 3. The fourth-order valence-corrected chi connectivity index (χ4v) is 4.22. The number of anilines is 1. The van der Waals surface area contributed by atoms with Crippen molar-refractivity contribution in [1.82, 2.24) is 5.32 Å². The molecule has 1 aromatic rings. The largest absolute Gasteiger partial charge is 0.337 e. The van der Waals surface area contributed by atoms with E-state index in [2.05, 4.69) is 10.6 Å². The van der Waals surface area contributed by atoms with Gasteiger partial charge in [-0.3, -0.25) is 0 Å². The second-order valence-corrected chi connectivity index (χ2v) is 6.59. The third-order valence-corrected chi connectivity index (χ3v) is 5.40. The van der Waals surface area contributed by atoms with Gasteiger partial charge in [0, 0.05) is 40.8 Å². The first kappa shape index (κ1) is 14.5. The summed E-state index contributed by atoms with van der Waals surface area (Å²) in [6.07, 6.45) is 0. The van der Waals surface area contributed by atoms with Gasteiger partial charge in [0.25, 0.3) is 0 Å². The lowest BCUT2D eigenvalue weighted by Gasteiger charge is -2.21. The fraction of sp³-hybridized carbons (Fsp3) is 0.417. The molecule has 0 bridgehead atoms. The van der Waals surface area contributed by atoms with Crippen molar-refractivity contribution >= 4 is 35.2 Å². The summed E-state index contributed by atoms with van der Waals surface area (Å²) in [7, 11) is 0. The van der Waals surface area contributed by atoms with Crippen molar-refractivity contribution < 1.29 is 13.6 Å². The zero-order chi connectivity index (χ0) is 13.7. The monoisotopic (exact) mass is 304 g/mol. The van der Waals surface area contributed by atoms with Crippen LogP contribution in [-0.4, -0.2) is 35.1 Å². The van der Waals surface area contributed by atoms with Crippen LogP contribution in [-0.2, 0) is 0 Å². The molecule has 1 aliphatic rings. The quantitative estimate of drug-likeness (QED) is 0.902. The number of thioether (sulfide) groups is 2. The predicted molar refractivity (Wildman–Crippen MR) is 77.0 cm³/mol. The summed E-state index contributed by atoms with van der Waals surface area (Å²) < 4.78 is 25.7. The molecule has 1 aromatic carbocycles. The molecule has 1 atom stereocenters. The van der Waals surface area contributed by atoms with Crippen molar-refractivity contribution in [1.29, 1.82) is 0 Å². The van der Waals surface area contributed by atoms with Crippen LogP contribution in [0.1, 0.15) is 0 Å². The van der Waals surface area contributed by atoms with E-state index in [1.54, 1.807) is 0 Å². The average Bonchev–Trinajstić information content (AvgIpc) is 2.42. The highest BCUT2D eigenvalue weighted by atomic mass is 32.2. The van der Waals surface area contributed by atoms with Crippen molar-refractivity contribution in [2.45, 2.75) is 5.25 Å². The van der Waals surface area contributed by atoms with Gasteiger partial charge in [-0.25, -0.2) is 13.6 Å². The van der Waals surface area contributed by atoms with E-state index in [0.29, 0.717) is 11.8 Å². The minimum absolute atomic E-state index is 0.238. The summed E-state index contributed by atoms with van der Waals surface area (Å²) in [5, 5.41) is 5.62. The second kappa shape index (κ2) is 7.00. The number of halogens is 2. The van der Waals surface area contributed by atoms with Gasteiger partial charge in [-0.05, 0) is 12.1 Å². The minimum atomic E-state index is -0.975. The molecular formula is C12H14F2N2OS2. The van der Waals surface area contributed by atoms with Gasteiger partial charge < -0.3 is 10.6 Å². The van der Waals surface area contributed by atoms with Crippen LogP contribution in [0.2, 0.25) is 0 Å². The number of carbonyl (C=O) groups is 1. The molecule has 2 amide bonds. The summed E-state index contributed by atoms with van der Waals surface area (Å²) in [4.78, 5) is 11.6. The van der Waals surface area contributed by atoms with Crippen LogP contribution in [0.5, 0.6) is 0 Å². The summed E-state index contributed by atoms with van der Waals surface area (Å²) in [6.45, 7) is 0.577. The van der Waals surface area contributed by atoms with Gasteiger partial charge in [-0.2, -0.15) is 23.5 Å². The summed E-state index contributed by atoms with van der Waals surface area (Å²) in [5.41, 5.74) is 0.238. The molecule has 1 saturated heterocycles. The zero-order valence-electron chi connectivity index (χ0n) is 10.1. The van der Waals surface area contributed by atoms with Crippen LogP contribution >= 0.6 is 23.5 Å². The van der Waals surface area contributed by atoms with Crippen molar-refractivity contribution in [3.63, 3.8) is 0 Å². The first-order valence-corrected chi connectivity index (χ1v) is 8.05. The maximum absolute atomic E-state index is 13.0. The van der Waals surface area contributed by atoms with Gasteiger partial charge in [-0.15, -0.1) is 0 Å². The molecule has 2 N–H and O–H groups in total. The Bertz CT molecular complexity index is 453. The molecule has 0 aromatic heterocycles. The molecule has 104 valence electrons. The van der Waals surface area contributed by atoms with E-state index in [-0.39, 0.29) is 5.69 Å². The Balaban J connectivity index is 1.78. The van der Waals surface area contributed by atoms with Crippen LogP contribution in [0.15, 0.2) is 18.2 Å². The molecule has 2 rings (SSSR count). The summed E-state index contributed by atoms with van der Waals surface area (Å²) in [5.74, 6) is 1.37. The van der Waals surface area contributed by atoms with Crippen molar-refractivity contribution in [3.05, 3.63) is 29.8 Å². The lowest BCUT2D eigenvalue weighted by Crippen LogP contribution is -2.36. The molecule has 1 fully saturated rings. The van der Waals surface area contributed by atoms with Gasteiger partial charge in [0.05, 0.1) is 0 Å². The smallest absolute Gasteiger partial charge is 0.319 e. The van der Waals surface area contributed by atoms with Crippen molar-refractivity contribution in [3.8, 4) is 0 Å². The second-order valence-electron chi connectivity index (χ2n) is 4.03. The Morgan fingerprint density at radius 3 is 2.84 bits per heavy atom. The lowest BCUT2D eigenvalue weighted by molar-refractivity contribution is 0.252. The van der Waals surface area contributed by atoms with E-state index in [9.17, 15) is 13.6 Å². The van der Waals surface area contributed by atoms with Crippen molar-refractivity contribution in [2.24, 2.45) is 0 Å². The highest BCUT2D eigenvalue weighted by Gasteiger charge is 2.15. The Morgan fingerprint density at radius 2 is 2.16 bits per heavy atom. The van der Waals surface area contributed by atoms with Gasteiger partial charge in [0.1, 0.15) is 0 Å². The van der Waals surface area contributed by atoms with E-state index in [1.807, 2.05) is 23.5 Å². The maximum atomic E-state index is 13.0. The maximum Gasteiger partial charge on any atom is 0.319 e. The number of nitrogens with one attached hydrogen (secondary N) is 2. The molecule has 0 radical (unpaired) electrons. The Kier molecular flexibility index (Phi) is 5.33. The van der Waals surface area contributed by atoms with E-state index >= 15 is 0 Å². The Labute approximate surface area is 118 Å². The molecule has 0 aliphatic carbocycles. The number of amides is 2. The van der Waals surface area contributed by atoms with Crippen LogP contribution < -0.4 is 10.6 Å². The molecule has 1 heterocycles.